The number of anilines is 1. The highest BCUT2D eigenvalue weighted by molar-refractivity contribution is 5.93. The lowest BCUT2D eigenvalue weighted by atomic mass is 10.2. The van der Waals surface area contributed by atoms with Crippen molar-refractivity contribution in [2.75, 3.05) is 12.1 Å². The van der Waals surface area contributed by atoms with Crippen LogP contribution in [-0.2, 0) is 6.54 Å². The molecule has 2 aliphatic rings. The number of amides is 1. The second kappa shape index (κ2) is 6.96. The summed E-state index contributed by atoms with van der Waals surface area (Å²) in [7, 11) is 0. The topological polar surface area (TPSA) is 85.4 Å². The summed E-state index contributed by atoms with van der Waals surface area (Å²) in [6.45, 7) is 0.828. The van der Waals surface area contributed by atoms with E-state index in [9.17, 15) is 4.79 Å². The molecule has 25 heavy (non-hydrogen) atoms. The molecule has 1 aromatic heterocycles. The van der Waals surface area contributed by atoms with Gasteiger partial charge in [0.15, 0.2) is 11.5 Å². The Hall–Kier alpha value is -2.83. The van der Waals surface area contributed by atoms with Crippen molar-refractivity contribution in [2.24, 2.45) is 0 Å². The fraction of sp³-hybridized carbons (Fsp3) is 0.389. The van der Waals surface area contributed by atoms with Gasteiger partial charge in [-0.2, -0.15) is 0 Å². The third-order valence-electron chi connectivity index (χ3n) is 4.50. The van der Waals surface area contributed by atoms with Crippen LogP contribution in [0.25, 0.3) is 0 Å². The van der Waals surface area contributed by atoms with E-state index in [0.717, 1.165) is 29.9 Å². The van der Waals surface area contributed by atoms with Crippen LogP contribution in [0.4, 0.5) is 5.82 Å². The van der Waals surface area contributed by atoms with Gasteiger partial charge >= 0.3 is 0 Å². The minimum absolute atomic E-state index is 0.138. The third-order valence-corrected chi connectivity index (χ3v) is 4.50. The number of nitrogens with one attached hydrogen (secondary N) is 2. The van der Waals surface area contributed by atoms with E-state index < -0.39 is 0 Å². The Labute approximate surface area is 145 Å². The van der Waals surface area contributed by atoms with Crippen LogP contribution in [0.15, 0.2) is 30.6 Å². The molecule has 0 bridgehead atoms. The van der Waals surface area contributed by atoms with Crippen molar-refractivity contribution in [1.29, 1.82) is 0 Å². The first-order chi connectivity index (χ1) is 12.3. The number of ether oxygens (including phenoxy) is 2. The number of fused-ring (bicyclic) bond motifs is 1. The van der Waals surface area contributed by atoms with E-state index in [4.69, 9.17) is 9.47 Å². The Kier molecular flexibility index (Phi) is 4.37. The van der Waals surface area contributed by atoms with Crippen molar-refractivity contribution in [2.45, 2.75) is 38.3 Å². The van der Waals surface area contributed by atoms with Crippen molar-refractivity contribution < 1.29 is 14.3 Å². The van der Waals surface area contributed by atoms with Crippen LogP contribution in [0.3, 0.4) is 0 Å². The Balaban J connectivity index is 1.38. The van der Waals surface area contributed by atoms with E-state index in [0.29, 0.717) is 18.1 Å². The average Bonchev–Trinajstić information content (AvgIpc) is 3.31. The van der Waals surface area contributed by atoms with Crippen molar-refractivity contribution in [1.82, 2.24) is 15.3 Å². The smallest absolute Gasteiger partial charge is 0.270 e. The monoisotopic (exact) mass is 340 g/mol. The SMILES string of the molecule is O=C(NC1CCCC1)c1cc(NCc2ccc3c(c2)OCO3)ncn1. The predicted octanol–water partition coefficient (Wildman–Crippen LogP) is 2.49. The number of nitrogens with zero attached hydrogens (tertiary/aromatic N) is 2. The number of aromatic nitrogens is 2. The van der Waals surface area contributed by atoms with Gasteiger partial charge in [-0.15, -0.1) is 0 Å². The first-order valence-electron chi connectivity index (χ1n) is 8.53. The van der Waals surface area contributed by atoms with E-state index >= 15 is 0 Å². The molecule has 1 aliphatic heterocycles. The lowest BCUT2D eigenvalue weighted by Gasteiger charge is -2.12. The molecule has 0 unspecified atom stereocenters. The van der Waals surface area contributed by atoms with E-state index in [-0.39, 0.29) is 18.7 Å². The lowest BCUT2D eigenvalue weighted by Crippen LogP contribution is -2.33. The molecule has 0 atom stereocenters. The number of hydrogen-bond donors (Lipinski definition) is 2. The molecule has 2 aromatic rings. The molecule has 2 heterocycles. The van der Waals surface area contributed by atoms with Gasteiger partial charge in [0, 0.05) is 18.7 Å². The van der Waals surface area contributed by atoms with Crippen molar-refractivity contribution >= 4 is 11.7 Å². The Morgan fingerprint density at radius 1 is 1.12 bits per heavy atom. The quantitative estimate of drug-likeness (QED) is 0.870. The maximum atomic E-state index is 12.3. The fourth-order valence-electron chi connectivity index (χ4n) is 3.15. The highest BCUT2D eigenvalue weighted by Crippen LogP contribution is 2.32. The minimum atomic E-state index is -0.138. The summed E-state index contributed by atoms with van der Waals surface area (Å²) in [6.07, 6.45) is 5.86. The maximum Gasteiger partial charge on any atom is 0.270 e. The largest absolute Gasteiger partial charge is 0.454 e. The summed E-state index contributed by atoms with van der Waals surface area (Å²) in [5.41, 5.74) is 1.43. The molecule has 1 aliphatic carbocycles. The number of hydrogen-bond acceptors (Lipinski definition) is 6. The molecule has 1 amide bonds. The molecular formula is C18H20N4O3. The van der Waals surface area contributed by atoms with E-state index in [1.54, 1.807) is 6.07 Å². The zero-order chi connectivity index (χ0) is 17.1. The van der Waals surface area contributed by atoms with Crippen LogP contribution in [0.2, 0.25) is 0 Å². The molecule has 1 saturated carbocycles. The highest BCUT2D eigenvalue weighted by Gasteiger charge is 2.19. The highest BCUT2D eigenvalue weighted by atomic mass is 16.7. The van der Waals surface area contributed by atoms with E-state index in [1.807, 2.05) is 18.2 Å². The molecule has 4 rings (SSSR count). The molecule has 7 heteroatoms. The van der Waals surface area contributed by atoms with Crippen LogP contribution >= 0.6 is 0 Å². The predicted molar refractivity (Wildman–Crippen MR) is 91.6 cm³/mol. The van der Waals surface area contributed by atoms with Crippen LogP contribution in [0.1, 0.15) is 41.7 Å². The molecular weight excluding hydrogens is 320 g/mol. The molecule has 0 spiro atoms. The van der Waals surface area contributed by atoms with E-state index in [1.165, 1.54) is 19.2 Å². The van der Waals surface area contributed by atoms with Gasteiger partial charge in [-0.3, -0.25) is 4.79 Å². The van der Waals surface area contributed by atoms with Gasteiger partial charge in [0.05, 0.1) is 0 Å². The second-order valence-electron chi connectivity index (χ2n) is 6.28. The summed E-state index contributed by atoms with van der Waals surface area (Å²) in [5.74, 6) is 1.99. The Morgan fingerprint density at radius 3 is 2.84 bits per heavy atom. The number of benzene rings is 1. The van der Waals surface area contributed by atoms with Gasteiger partial charge in [-0.05, 0) is 30.5 Å². The molecule has 1 fully saturated rings. The van der Waals surface area contributed by atoms with Gasteiger partial charge in [0.25, 0.3) is 5.91 Å². The lowest BCUT2D eigenvalue weighted by molar-refractivity contribution is 0.0932. The van der Waals surface area contributed by atoms with Gasteiger partial charge in [0.2, 0.25) is 6.79 Å². The molecule has 0 saturated heterocycles. The zero-order valence-corrected chi connectivity index (χ0v) is 13.8. The molecule has 7 nitrogen and oxygen atoms in total. The fourth-order valence-corrected chi connectivity index (χ4v) is 3.15. The average molecular weight is 340 g/mol. The van der Waals surface area contributed by atoms with Crippen LogP contribution in [0, 0.1) is 0 Å². The standard InChI is InChI=1S/C18H20N4O3/c23-18(22-13-3-1-2-4-13)14-8-17(21-10-20-14)19-9-12-5-6-15-16(7-12)25-11-24-15/h5-8,10,13H,1-4,9,11H2,(H,22,23)(H,19,20,21). The van der Waals surface area contributed by atoms with Gasteiger partial charge in [0.1, 0.15) is 17.8 Å². The van der Waals surface area contributed by atoms with Crippen molar-refractivity contribution in [3.05, 3.63) is 41.9 Å². The van der Waals surface area contributed by atoms with Crippen LogP contribution < -0.4 is 20.1 Å². The summed E-state index contributed by atoms with van der Waals surface area (Å²) < 4.78 is 10.7. The van der Waals surface area contributed by atoms with Gasteiger partial charge in [-0.1, -0.05) is 18.9 Å². The Bertz CT molecular complexity index is 775. The van der Waals surface area contributed by atoms with Crippen molar-refractivity contribution in [3.8, 4) is 11.5 Å². The number of carbonyl (C=O) groups excluding carboxylic acids is 1. The summed E-state index contributed by atoms with van der Waals surface area (Å²) >= 11 is 0. The van der Waals surface area contributed by atoms with Gasteiger partial charge < -0.3 is 20.1 Å². The Morgan fingerprint density at radius 2 is 1.96 bits per heavy atom. The molecule has 1 aromatic carbocycles. The first kappa shape index (κ1) is 15.7. The summed E-state index contributed by atoms with van der Waals surface area (Å²) in [4.78, 5) is 20.6. The second-order valence-corrected chi connectivity index (χ2v) is 6.28. The molecule has 0 radical (unpaired) electrons. The first-order valence-corrected chi connectivity index (χ1v) is 8.53. The number of carbonyl (C=O) groups is 1. The maximum absolute atomic E-state index is 12.3. The summed E-state index contributed by atoms with van der Waals surface area (Å²) in [5, 5.41) is 6.25. The van der Waals surface area contributed by atoms with E-state index in [2.05, 4.69) is 20.6 Å². The summed E-state index contributed by atoms with van der Waals surface area (Å²) in [6, 6.07) is 7.74. The molecule has 2 N–H and O–H groups in total. The minimum Gasteiger partial charge on any atom is -0.454 e. The van der Waals surface area contributed by atoms with Crippen LogP contribution in [0.5, 0.6) is 11.5 Å². The van der Waals surface area contributed by atoms with Crippen LogP contribution in [-0.4, -0.2) is 28.7 Å². The number of rotatable bonds is 5. The van der Waals surface area contributed by atoms with Gasteiger partial charge in [-0.25, -0.2) is 9.97 Å². The zero-order valence-electron chi connectivity index (χ0n) is 13.8. The normalized spacial score (nSPS) is 16.0. The molecule has 130 valence electrons. The third kappa shape index (κ3) is 3.65. The van der Waals surface area contributed by atoms with Crippen molar-refractivity contribution in [3.63, 3.8) is 0 Å².